The third-order valence-electron chi connectivity index (χ3n) is 6.64. The monoisotopic (exact) mass is 553 g/mol. The van der Waals surface area contributed by atoms with Gasteiger partial charge in [0.25, 0.3) is 0 Å². The van der Waals surface area contributed by atoms with Crippen LogP contribution in [0.15, 0.2) is 60.9 Å². The second-order valence-electron chi connectivity index (χ2n) is 9.41. The molecule has 3 N–H and O–H groups in total. The Bertz CT molecular complexity index is 1410. The zero-order valence-corrected chi connectivity index (χ0v) is 23.0. The van der Waals surface area contributed by atoms with Crippen molar-refractivity contribution in [2.75, 3.05) is 38.7 Å². The van der Waals surface area contributed by atoms with E-state index < -0.39 is 6.03 Å². The maximum atomic E-state index is 13.1. The minimum absolute atomic E-state index is 0.220. The van der Waals surface area contributed by atoms with Crippen LogP contribution in [0.4, 0.5) is 15.0 Å². The lowest BCUT2D eigenvalue weighted by Crippen LogP contribution is -2.24. The number of primary amides is 1. The quantitative estimate of drug-likeness (QED) is 0.336. The summed E-state index contributed by atoms with van der Waals surface area (Å²) >= 11 is 5.80. The van der Waals surface area contributed by atoms with Crippen LogP contribution in [-0.4, -0.2) is 63.8 Å². The largest absolute Gasteiger partial charge is 0.383 e. The number of para-hydroxylation sites is 1. The first kappa shape index (κ1) is 28.3. The number of hydrogen-bond donors (Lipinski definition) is 2. The Morgan fingerprint density at radius 1 is 1.26 bits per heavy atom. The molecule has 3 heterocycles. The molecule has 2 aromatic heterocycles. The van der Waals surface area contributed by atoms with Crippen molar-refractivity contribution in [3.63, 3.8) is 0 Å². The van der Waals surface area contributed by atoms with Gasteiger partial charge in [0, 0.05) is 44.6 Å². The fourth-order valence-corrected chi connectivity index (χ4v) is 4.82. The summed E-state index contributed by atoms with van der Waals surface area (Å²) in [5.74, 6) is 0.673. The second-order valence-corrected chi connectivity index (χ2v) is 9.82. The van der Waals surface area contributed by atoms with E-state index in [2.05, 4.69) is 20.4 Å². The lowest BCUT2D eigenvalue weighted by Gasteiger charge is -2.15. The molecule has 1 fully saturated rings. The van der Waals surface area contributed by atoms with Crippen LogP contribution in [0, 0.1) is 12.7 Å². The molecule has 1 aliphatic rings. The lowest BCUT2D eigenvalue weighted by molar-refractivity contribution is 0.160. The Morgan fingerprint density at radius 2 is 2.03 bits per heavy atom. The van der Waals surface area contributed by atoms with Crippen molar-refractivity contribution in [1.82, 2.24) is 24.5 Å². The number of likely N-dealkylation sites (tertiary alicyclic amines) is 1. The lowest BCUT2D eigenvalue weighted by atomic mass is 9.98. The third kappa shape index (κ3) is 7.03. The second kappa shape index (κ2) is 12.9. The fraction of sp³-hybridized carbons (Fsp3) is 0.321. The number of carbonyl (C=O) groups is 1. The molecule has 0 aliphatic carbocycles. The van der Waals surface area contributed by atoms with Crippen molar-refractivity contribution in [2.24, 2.45) is 12.8 Å². The molecule has 4 aromatic rings. The third-order valence-corrected chi connectivity index (χ3v) is 6.93. The number of aromatic nitrogens is 4. The van der Waals surface area contributed by atoms with Gasteiger partial charge in [-0.15, -0.1) is 0 Å². The van der Waals surface area contributed by atoms with Crippen LogP contribution >= 0.6 is 11.6 Å². The zero-order valence-electron chi connectivity index (χ0n) is 22.3. The van der Waals surface area contributed by atoms with Gasteiger partial charge in [-0.2, -0.15) is 10.2 Å². The van der Waals surface area contributed by atoms with E-state index in [1.807, 2.05) is 56.6 Å². The molecule has 0 saturated carbocycles. The van der Waals surface area contributed by atoms with Gasteiger partial charge in [0.15, 0.2) is 0 Å². The Balaban J connectivity index is 0.000000187. The number of nitrogens with one attached hydrogen (secondary N) is 1. The number of halogens is 2. The van der Waals surface area contributed by atoms with Gasteiger partial charge in [0.2, 0.25) is 0 Å². The van der Waals surface area contributed by atoms with Crippen molar-refractivity contribution in [2.45, 2.75) is 19.3 Å². The first-order chi connectivity index (χ1) is 18.8. The van der Waals surface area contributed by atoms with Crippen molar-refractivity contribution in [3.05, 3.63) is 82.9 Å². The number of carbonyl (C=O) groups excluding carboxylic acids is 1. The van der Waals surface area contributed by atoms with E-state index in [4.69, 9.17) is 22.1 Å². The van der Waals surface area contributed by atoms with Crippen LogP contribution in [0.3, 0.4) is 0 Å². The van der Waals surface area contributed by atoms with Gasteiger partial charge in [-0.3, -0.25) is 10.00 Å². The first-order valence-corrected chi connectivity index (χ1v) is 13.0. The summed E-state index contributed by atoms with van der Waals surface area (Å²) in [7, 11) is 3.56. The molecule has 1 aliphatic heterocycles. The van der Waals surface area contributed by atoms with Gasteiger partial charge in [-0.25, -0.2) is 13.9 Å². The zero-order chi connectivity index (χ0) is 27.9. The molecule has 9 nitrogen and oxygen atoms in total. The number of methoxy groups -OCH3 is 1. The molecule has 1 unspecified atom stereocenters. The number of benzene rings is 2. The van der Waals surface area contributed by atoms with Gasteiger partial charge >= 0.3 is 6.03 Å². The van der Waals surface area contributed by atoms with Crippen molar-refractivity contribution in [3.8, 4) is 16.9 Å². The SMILES string of the molecule is COCCN1CCC(c2ccc(F)c(Cl)c2)C1.Cc1c(-c2cnn(C)c2)nn(-c2ccccc2)c1NC(N)=O. The summed E-state index contributed by atoms with van der Waals surface area (Å²) in [6.45, 7) is 5.69. The number of rotatable bonds is 7. The van der Waals surface area contributed by atoms with Crippen LogP contribution < -0.4 is 11.1 Å². The number of anilines is 1. The molecule has 2 amide bonds. The average Bonchev–Trinajstić information content (AvgIpc) is 3.65. The van der Waals surface area contributed by atoms with Crippen molar-refractivity contribution >= 4 is 23.4 Å². The highest BCUT2D eigenvalue weighted by atomic mass is 35.5. The summed E-state index contributed by atoms with van der Waals surface area (Å²) in [5, 5.41) is 11.6. The normalized spacial score (nSPS) is 15.2. The Labute approximate surface area is 232 Å². The molecule has 206 valence electrons. The maximum Gasteiger partial charge on any atom is 0.317 e. The number of nitrogens with two attached hydrogens (primary N) is 1. The average molecular weight is 554 g/mol. The minimum atomic E-state index is -0.627. The number of aryl methyl sites for hydroxylation is 1. The fourth-order valence-electron chi connectivity index (χ4n) is 4.63. The molecule has 0 radical (unpaired) electrons. The summed E-state index contributed by atoms with van der Waals surface area (Å²) in [5.41, 5.74) is 9.71. The van der Waals surface area contributed by atoms with E-state index in [1.165, 1.54) is 6.07 Å². The van der Waals surface area contributed by atoms with E-state index in [-0.39, 0.29) is 10.8 Å². The van der Waals surface area contributed by atoms with Crippen LogP contribution in [0.2, 0.25) is 5.02 Å². The highest BCUT2D eigenvalue weighted by molar-refractivity contribution is 6.30. The van der Waals surface area contributed by atoms with E-state index in [9.17, 15) is 9.18 Å². The maximum absolute atomic E-state index is 13.1. The van der Waals surface area contributed by atoms with Crippen LogP contribution in [-0.2, 0) is 11.8 Å². The summed E-state index contributed by atoms with van der Waals surface area (Å²) in [4.78, 5) is 13.7. The highest BCUT2D eigenvalue weighted by Crippen LogP contribution is 2.31. The molecule has 1 atom stereocenters. The molecule has 11 heteroatoms. The topological polar surface area (TPSA) is 103 Å². The van der Waals surface area contributed by atoms with E-state index in [0.29, 0.717) is 11.7 Å². The summed E-state index contributed by atoms with van der Waals surface area (Å²) in [6, 6.07) is 14.0. The predicted molar refractivity (Wildman–Crippen MR) is 151 cm³/mol. The van der Waals surface area contributed by atoms with E-state index in [1.54, 1.807) is 28.7 Å². The molecule has 39 heavy (non-hydrogen) atoms. The number of urea groups is 1. The smallest absolute Gasteiger partial charge is 0.317 e. The summed E-state index contributed by atoms with van der Waals surface area (Å²) in [6.07, 6.45) is 4.71. The molecule has 0 bridgehead atoms. The van der Waals surface area contributed by atoms with Gasteiger partial charge < -0.3 is 15.4 Å². The first-order valence-electron chi connectivity index (χ1n) is 12.6. The van der Waals surface area contributed by atoms with Gasteiger partial charge in [0.1, 0.15) is 17.3 Å². The van der Waals surface area contributed by atoms with E-state index >= 15 is 0 Å². The highest BCUT2D eigenvalue weighted by Gasteiger charge is 2.24. The molecule has 0 spiro atoms. The Morgan fingerprint density at radius 3 is 2.67 bits per heavy atom. The van der Waals surface area contributed by atoms with Gasteiger partial charge in [0.05, 0.1) is 23.5 Å². The number of amides is 2. The number of ether oxygens (including phenoxy) is 1. The molecular formula is C28H33ClFN7O2. The Hall–Kier alpha value is -3.73. The van der Waals surface area contributed by atoms with Crippen molar-refractivity contribution < 1.29 is 13.9 Å². The van der Waals surface area contributed by atoms with E-state index in [0.717, 1.165) is 60.7 Å². The molecular weight excluding hydrogens is 521 g/mol. The van der Waals surface area contributed by atoms with Crippen molar-refractivity contribution in [1.29, 1.82) is 0 Å². The molecule has 5 rings (SSSR count). The standard InChI is InChI=1S/C15H16N6O.C13H17ClFNO/c1-10-13(11-8-17-20(2)9-11)19-21(14(10)18-15(16)22)12-6-4-3-5-7-12;1-17-7-6-16-5-4-11(9-16)10-2-3-13(15)12(14)8-10/h3-9H,1-2H3,(H3,16,18,22);2-3,8,11H,4-7,9H2,1H3. The minimum Gasteiger partial charge on any atom is -0.383 e. The van der Waals surface area contributed by atoms with Crippen LogP contribution in [0.25, 0.3) is 16.9 Å². The van der Waals surface area contributed by atoms with Gasteiger partial charge in [-0.05, 0) is 55.6 Å². The predicted octanol–water partition coefficient (Wildman–Crippen LogP) is 4.99. The molecule has 1 saturated heterocycles. The number of nitrogens with zero attached hydrogens (tertiary/aromatic N) is 5. The Kier molecular flexibility index (Phi) is 9.34. The summed E-state index contributed by atoms with van der Waals surface area (Å²) < 4.78 is 21.5. The van der Waals surface area contributed by atoms with Crippen LogP contribution in [0.1, 0.15) is 23.5 Å². The molecule has 2 aromatic carbocycles. The number of hydrogen-bond acceptors (Lipinski definition) is 5. The van der Waals surface area contributed by atoms with Gasteiger partial charge in [-0.1, -0.05) is 35.9 Å². The van der Waals surface area contributed by atoms with Crippen LogP contribution in [0.5, 0.6) is 0 Å².